The third kappa shape index (κ3) is 3.86. The fourth-order valence-corrected chi connectivity index (χ4v) is 3.72. The molecule has 1 N–H and O–H groups in total. The van der Waals surface area contributed by atoms with Gasteiger partial charge in [-0.15, -0.1) is 0 Å². The number of benzene rings is 2. The molecule has 7 heteroatoms. The molecule has 1 amide bonds. The van der Waals surface area contributed by atoms with Crippen LogP contribution in [0, 0.1) is 6.92 Å². The van der Waals surface area contributed by atoms with Crippen molar-refractivity contribution in [2.45, 2.75) is 39.0 Å². The van der Waals surface area contributed by atoms with Crippen LogP contribution in [-0.2, 0) is 22.6 Å². The number of hydrogen-bond donors (Lipinski definition) is 1. The first-order valence-corrected chi connectivity index (χ1v) is 9.74. The summed E-state index contributed by atoms with van der Waals surface area (Å²) in [4.78, 5) is 38.7. The smallest absolute Gasteiger partial charge is 0.332 e. The van der Waals surface area contributed by atoms with Gasteiger partial charge in [-0.05, 0) is 43.5 Å². The molecule has 1 saturated heterocycles. The minimum Gasteiger partial charge on any atom is -0.376 e. The summed E-state index contributed by atoms with van der Waals surface area (Å²) in [6.07, 6.45) is 1.57. The zero-order chi connectivity index (χ0) is 20.4. The Morgan fingerprint density at radius 2 is 1.86 bits per heavy atom. The van der Waals surface area contributed by atoms with Crippen LogP contribution in [0.2, 0.25) is 0 Å². The van der Waals surface area contributed by atoms with Crippen molar-refractivity contribution in [3.63, 3.8) is 0 Å². The third-order valence-electron chi connectivity index (χ3n) is 5.26. The highest BCUT2D eigenvalue weighted by Crippen LogP contribution is 2.15. The Bertz CT molecular complexity index is 1170. The van der Waals surface area contributed by atoms with E-state index in [0.29, 0.717) is 23.2 Å². The lowest BCUT2D eigenvalue weighted by Gasteiger charge is -2.16. The first-order valence-electron chi connectivity index (χ1n) is 9.74. The predicted molar refractivity (Wildman–Crippen MR) is 111 cm³/mol. The number of para-hydroxylation sites is 2. The maximum Gasteiger partial charge on any atom is 0.332 e. The zero-order valence-electron chi connectivity index (χ0n) is 16.3. The zero-order valence-corrected chi connectivity index (χ0v) is 16.3. The lowest BCUT2D eigenvalue weighted by molar-refractivity contribution is -0.116. The van der Waals surface area contributed by atoms with Crippen molar-refractivity contribution in [3.05, 3.63) is 74.9 Å². The van der Waals surface area contributed by atoms with Gasteiger partial charge in [-0.1, -0.05) is 30.3 Å². The molecule has 1 atom stereocenters. The Labute approximate surface area is 167 Å². The van der Waals surface area contributed by atoms with Crippen LogP contribution in [0.25, 0.3) is 10.9 Å². The summed E-state index contributed by atoms with van der Waals surface area (Å²) in [5, 5.41) is 3.26. The van der Waals surface area contributed by atoms with Crippen molar-refractivity contribution in [2.24, 2.45) is 0 Å². The Balaban J connectivity index is 1.72. The highest BCUT2D eigenvalue weighted by Gasteiger charge is 2.21. The molecule has 1 aliphatic rings. The minimum absolute atomic E-state index is 0.157. The average molecular weight is 393 g/mol. The summed E-state index contributed by atoms with van der Waals surface area (Å²) in [7, 11) is 0. The molecule has 0 saturated carbocycles. The van der Waals surface area contributed by atoms with Crippen LogP contribution < -0.4 is 16.6 Å². The van der Waals surface area contributed by atoms with Gasteiger partial charge in [-0.3, -0.25) is 18.7 Å². The molecule has 2 aromatic carbocycles. The van der Waals surface area contributed by atoms with Crippen LogP contribution in [0.5, 0.6) is 0 Å². The lowest BCUT2D eigenvalue weighted by Crippen LogP contribution is -2.43. The van der Waals surface area contributed by atoms with E-state index in [0.717, 1.165) is 18.4 Å². The van der Waals surface area contributed by atoms with Gasteiger partial charge in [0.1, 0.15) is 6.54 Å². The van der Waals surface area contributed by atoms with Gasteiger partial charge >= 0.3 is 5.69 Å². The number of ether oxygens (including phenoxy) is 1. The molecule has 0 aliphatic carbocycles. The summed E-state index contributed by atoms with van der Waals surface area (Å²) in [6, 6.07) is 14.3. The van der Waals surface area contributed by atoms with E-state index in [4.69, 9.17) is 4.74 Å². The molecule has 4 rings (SSSR count). The molecule has 29 heavy (non-hydrogen) atoms. The number of anilines is 1. The number of amides is 1. The van der Waals surface area contributed by atoms with E-state index in [1.54, 1.807) is 24.3 Å². The maximum absolute atomic E-state index is 13.1. The number of aryl methyl sites for hydroxylation is 1. The molecule has 1 aromatic heterocycles. The van der Waals surface area contributed by atoms with Crippen LogP contribution >= 0.6 is 0 Å². The van der Waals surface area contributed by atoms with Gasteiger partial charge in [0.05, 0.1) is 23.6 Å². The van der Waals surface area contributed by atoms with E-state index in [2.05, 4.69) is 5.32 Å². The molecular formula is C22H23N3O4. The van der Waals surface area contributed by atoms with E-state index < -0.39 is 5.69 Å². The van der Waals surface area contributed by atoms with E-state index in [9.17, 15) is 14.4 Å². The summed E-state index contributed by atoms with van der Waals surface area (Å²) >= 11 is 0. The molecule has 0 unspecified atom stereocenters. The van der Waals surface area contributed by atoms with Crippen molar-refractivity contribution in [1.82, 2.24) is 9.13 Å². The molecule has 0 bridgehead atoms. The monoisotopic (exact) mass is 393 g/mol. The van der Waals surface area contributed by atoms with Gasteiger partial charge < -0.3 is 10.1 Å². The molecule has 2 heterocycles. The van der Waals surface area contributed by atoms with Crippen LogP contribution in [0.4, 0.5) is 5.69 Å². The first-order chi connectivity index (χ1) is 14.0. The number of rotatable bonds is 5. The normalized spacial score (nSPS) is 16.2. The van der Waals surface area contributed by atoms with Gasteiger partial charge in [0.25, 0.3) is 5.56 Å². The van der Waals surface area contributed by atoms with E-state index in [1.807, 2.05) is 31.2 Å². The summed E-state index contributed by atoms with van der Waals surface area (Å²) in [6.45, 7) is 2.56. The van der Waals surface area contributed by atoms with Crippen LogP contribution in [0.1, 0.15) is 18.4 Å². The number of carbonyl (C=O) groups is 1. The molecule has 1 fully saturated rings. The quantitative estimate of drug-likeness (QED) is 0.721. The predicted octanol–water partition coefficient (Wildman–Crippen LogP) is 2.29. The summed E-state index contributed by atoms with van der Waals surface area (Å²) < 4.78 is 8.16. The van der Waals surface area contributed by atoms with Gasteiger partial charge in [0.15, 0.2) is 0 Å². The molecule has 7 nitrogen and oxygen atoms in total. The number of carbonyl (C=O) groups excluding carboxylic acids is 1. The minimum atomic E-state index is -0.496. The molecule has 150 valence electrons. The number of nitrogens with one attached hydrogen (secondary N) is 1. The van der Waals surface area contributed by atoms with Crippen molar-refractivity contribution in [1.29, 1.82) is 0 Å². The highest BCUT2D eigenvalue weighted by atomic mass is 16.5. The molecule has 0 radical (unpaired) electrons. The van der Waals surface area contributed by atoms with Crippen molar-refractivity contribution < 1.29 is 9.53 Å². The molecule has 0 spiro atoms. The fourth-order valence-electron chi connectivity index (χ4n) is 3.72. The second kappa shape index (κ2) is 8.05. The Kier molecular flexibility index (Phi) is 5.31. The molecular weight excluding hydrogens is 370 g/mol. The lowest BCUT2D eigenvalue weighted by atomic mass is 10.2. The van der Waals surface area contributed by atoms with Crippen molar-refractivity contribution in [3.8, 4) is 0 Å². The number of aromatic nitrogens is 2. The van der Waals surface area contributed by atoms with Crippen LogP contribution in [0.3, 0.4) is 0 Å². The number of fused-ring (bicyclic) bond motifs is 1. The maximum atomic E-state index is 13.1. The Hall–Kier alpha value is -3.19. The van der Waals surface area contributed by atoms with E-state index >= 15 is 0 Å². The number of hydrogen-bond acceptors (Lipinski definition) is 4. The molecule has 1 aliphatic heterocycles. The first kappa shape index (κ1) is 19.1. The third-order valence-corrected chi connectivity index (χ3v) is 5.26. The van der Waals surface area contributed by atoms with Crippen LogP contribution in [0.15, 0.2) is 58.1 Å². The van der Waals surface area contributed by atoms with Gasteiger partial charge in [-0.2, -0.15) is 0 Å². The highest BCUT2D eigenvalue weighted by molar-refractivity contribution is 5.92. The standard InChI is InChI=1S/C22H23N3O4/c1-15-7-2-4-10-18(15)23-20(26)14-24-19-11-5-3-9-17(19)21(27)25(22(24)28)13-16-8-6-12-29-16/h2-5,7,9-11,16H,6,8,12-14H2,1H3,(H,23,26)/t16-/m1/s1. The second-order valence-corrected chi connectivity index (χ2v) is 7.30. The van der Waals surface area contributed by atoms with Crippen molar-refractivity contribution in [2.75, 3.05) is 11.9 Å². The largest absolute Gasteiger partial charge is 0.376 e. The van der Waals surface area contributed by atoms with E-state index in [1.165, 1.54) is 9.13 Å². The van der Waals surface area contributed by atoms with Crippen molar-refractivity contribution >= 4 is 22.5 Å². The Morgan fingerprint density at radius 1 is 1.10 bits per heavy atom. The SMILES string of the molecule is Cc1ccccc1NC(=O)Cn1c(=O)n(C[C@H]2CCCO2)c(=O)c2ccccc21. The van der Waals surface area contributed by atoms with Gasteiger partial charge in [-0.25, -0.2) is 4.79 Å². The van der Waals surface area contributed by atoms with Gasteiger partial charge in [0, 0.05) is 12.3 Å². The second-order valence-electron chi connectivity index (χ2n) is 7.30. The summed E-state index contributed by atoms with van der Waals surface area (Å²) in [5.41, 5.74) is 1.23. The summed E-state index contributed by atoms with van der Waals surface area (Å²) in [5.74, 6) is -0.325. The van der Waals surface area contributed by atoms with E-state index in [-0.39, 0.29) is 30.7 Å². The van der Waals surface area contributed by atoms with Gasteiger partial charge in [0.2, 0.25) is 5.91 Å². The molecule has 3 aromatic rings. The Morgan fingerprint density at radius 3 is 2.62 bits per heavy atom. The average Bonchev–Trinajstić information content (AvgIpc) is 3.23. The van der Waals surface area contributed by atoms with Crippen LogP contribution in [-0.4, -0.2) is 27.8 Å². The topological polar surface area (TPSA) is 82.3 Å². The fraction of sp³-hybridized carbons (Fsp3) is 0.318. The number of nitrogens with zero attached hydrogens (tertiary/aromatic N) is 2.